The van der Waals surface area contributed by atoms with E-state index in [0.29, 0.717) is 12.3 Å². The molecule has 0 spiro atoms. The summed E-state index contributed by atoms with van der Waals surface area (Å²) in [6.45, 7) is 3.09. The lowest BCUT2D eigenvalue weighted by molar-refractivity contribution is 0.0324. The van der Waals surface area contributed by atoms with Crippen LogP contribution in [0.25, 0.3) is 0 Å². The van der Waals surface area contributed by atoms with Crippen molar-refractivity contribution in [2.75, 3.05) is 19.7 Å². The van der Waals surface area contributed by atoms with E-state index >= 15 is 0 Å². The lowest BCUT2D eigenvalue weighted by Gasteiger charge is -2.35. The van der Waals surface area contributed by atoms with Gasteiger partial charge < -0.3 is 10.2 Å². The Labute approximate surface area is 109 Å². The van der Waals surface area contributed by atoms with E-state index in [-0.39, 0.29) is 12.7 Å². The van der Waals surface area contributed by atoms with Crippen molar-refractivity contribution in [2.24, 2.45) is 5.92 Å². The topological polar surface area (TPSA) is 43.7 Å². The molecule has 0 aromatic heterocycles. The van der Waals surface area contributed by atoms with Crippen molar-refractivity contribution in [2.45, 2.75) is 31.9 Å². The molecule has 2 atom stereocenters. The van der Waals surface area contributed by atoms with Crippen LogP contribution in [0.4, 0.5) is 0 Å². The Balaban J connectivity index is 1.87. The van der Waals surface area contributed by atoms with Crippen molar-refractivity contribution >= 4 is 0 Å². The summed E-state index contributed by atoms with van der Waals surface area (Å²) in [4.78, 5) is 2.41. The SMILES string of the molecule is OCCC(O)C1CCCN(Cc2ccccc2)C1. The van der Waals surface area contributed by atoms with Gasteiger partial charge in [-0.2, -0.15) is 0 Å². The summed E-state index contributed by atoms with van der Waals surface area (Å²) >= 11 is 0. The highest BCUT2D eigenvalue weighted by Crippen LogP contribution is 2.22. The average Bonchev–Trinajstić information content (AvgIpc) is 2.40. The van der Waals surface area contributed by atoms with Crippen LogP contribution in [0.3, 0.4) is 0 Å². The largest absolute Gasteiger partial charge is 0.396 e. The molecule has 1 aliphatic rings. The molecule has 18 heavy (non-hydrogen) atoms. The van der Waals surface area contributed by atoms with Gasteiger partial charge in [0, 0.05) is 19.7 Å². The second-order valence-corrected chi connectivity index (χ2v) is 5.20. The molecule has 1 aromatic rings. The standard InChI is InChI=1S/C15H23NO2/c17-10-8-15(18)14-7-4-9-16(12-14)11-13-5-2-1-3-6-13/h1-3,5-6,14-15,17-18H,4,7-12H2. The molecule has 0 saturated carbocycles. The maximum atomic E-state index is 9.97. The van der Waals surface area contributed by atoms with Crippen LogP contribution < -0.4 is 0 Å². The van der Waals surface area contributed by atoms with Crippen LogP contribution in [0.15, 0.2) is 30.3 Å². The van der Waals surface area contributed by atoms with Gasteiger partial charge in [0.25, 0.3) is 0 Å². The van der Waals surface area contributed by atoms with E-state index in [1.165, 1.54) is 5.56 Å². The molecule has 0 amide bonds. The molecule has 1 aliphatic heterocycles. The Morgan fingerprint density at radius 3 is 2.78 bits per heavy atom. The number of piperidine rings is 1. The molecule has 0 bridgehead atoms. The normalized spacial score (nSPS) is 22.9. The molecule has 1 aromatic carbocycles. The third-order valence-electron chi connectivity index (χ3n) is 3.76. The van der Waals surface area contributed by atoms with E-state index in [1.807, 2.05) is 6.07 Å². The number of likely N-dealkylation sites (tertiary alicyclic amines) is 1. The van der Waals surface area contributed by atoms with Crippen LogP contribution in [-0.2, 0) is 6.54 Å². The van der Waals surface area contributed by atoms with Crippen molar-refractivity contribution < 1.29 is 10.2 Å². The molecule has 2 N–H and O–H groups in total. The minimum absolute atomic E-state index is 0.0797. The number of benzene rings is 1. The smallest absolute Gasteiger partial charge is 0.0602 e. The average molecular weight is 249 g/mol. The first kappa shape index (κ1) is 13.5. The molecule has 100 valence electrons. The first-order valence-corrected chi connectivity index (χ1v) is 6.85. The van der Waals surface area contributed by atoms with Crippen molar-refractivity contribution in [3.8, 4) is 0 Å². The number of hydrogen-bond acceptors (Lipinski definition) is 3. The summed E-state index contributed by atoms with van der Waals surface area (Å²) in [6.07, 6.45) is 2.37. The van der Waals surface area contributed by atoms with Gasteiger partial charge in [-0.25, -0.2) is 0 Å². The number of rotatable bonds is 5. The molecule has 3 heteroatoms. The minimum atomic E-state index is -0.353. The molecule has 2 rings (SSSR count). The van der Waals surface area contributed by atoms with Crippen molar-refractivity contribution in [1.82, 2.24) is 4.90 Å². The van der Waals surface area contributed by atoms with E-state index in [1.54, 1.807) is 0 Å². The summed E-state index contributed by atoms with van der Waals surface area (Å²) in [5, 5.41) is 18.9. The van der Waals surface area contributed by atoms with Gasteiger partial charge in [0.05, 0.1) is 6.10 Å². The van der Waals surface area contributed by atoms with Crippen LogP contribution in [0.5, 0.6) is 0 Å². The molecule has 1 fully saturated rings. The second-order valence-electron chi connectivity index (χ2n) is 5.20. The highest BCUT2D eigenvalue weighted by Gasteiger charge is 2.25. The fourth-order valence-corrected chi connectivity index (χ4v) is 2.76. The molecule has 3 nitrogen and oxygen atoms in total. The van der Waals surface area contributed by atoms with Gasteiger partial charge in [-0.05, 0) is 37.3 Å². The highest BCUT2D eigenvalue weighted by molar-refractivity contribution is 5.14. The molecule has 1 saturated heterocycles. The predicted molar refractivity (Wildman–Crippen MR) is 72.2 cm³/mol. The number of aliphatic hydroxyl groups excluding tert-OH is 2. The Bertz CT molecular complexity index is 342. The molecule has 1 heterocycles. The maximum absolute atomic E-state index is 9.97. The molecule has 2 unspecified atom stereocenters. The Morgan fingerprint density at radius 2 is 2.06 bits per heavy atom. The summed E-state index contributed by atoms with van der Waals surface area (Å²) in [7, 11) is 0. The lowest BCUT2D eigenvalue weighted by Crippen LogP contribution is -2.40. The van der Waals surface area contributed by atoms with Gasteiger partial charge >= 0.3 is 0 Å². The second kappa shape index (κ2) is 6.88. The minimum Gasteiger partial charge on any atom is -0.396 e. The molecular weight excluding hydrogens is 226 g/mol. The zero-order valence-electron chi connectivity index (χ0n) is 10.8. The summed E-state index contributed by atoms with van der Waals surface area (Å²) < 4.78 is 0. The van der Waals surface area contributed by atoms with E-state index < -0.39 is 0 Å². The van der Waals surface area contributed by atoms with E-state index in [9.17, 15) is 5.11 Å². The molecule has 0 radical (unpaired) electrons. The number of aliphatic hydroxyl groups is 2. The van der Waals surface area contributed by atoms with Gasteiger partial charge in [0.2, 0.25) is 0 Å². The first-order chi connectivity index (χ1) is 8.79. The van der Waals surface area contributed by atoms with Crippen molar-refractivity contribution in [3.05, 3.63) is 35.9 Å². The fourth-order valence-electron chi connectivity index (χ4n) is 2.76. The summed E-state index contributed by atoms with van der Waals surface area (Å²) in [6, 6.07) is 10.5. The Morgan fingerprint density at radius 1 is 1.28 bits per heavy atom. The molecular formula is C15H23NO2. The van der Waals surface area contributed by atoms with Crippen LogP contribution >= 0.6 is 0 Å². The van der Waals surface area contributed by atoms with E-state index in [0.717, 1.165) is 32.5 Å². The van der Waals surface area contributed by atoms with E-state index in [4.69, 9.17) is 5.11 Å². The monoisotopic (exact) mass is 249 g/mol. The van der Waals surface area contributed by atoms with Crippen LogP contribution in [-0.4, -0.2) is 40.9 Å². The van der Waals surface area contributed by atoms with Gasteiger partial charge in [0.15, 0.2) is 0 Å². The van der Waals surface area contributed by atoms with Gasteiger partial charge in [0.1, 0.15) is 0 Å². The van der Waals surface area contributed by atoms with Crippen molar-refractivity contribution in [3.63, 3.8) is 0 Å². The van der Waals surface area contributed by atoms with Crippen molar-refractivity contribution in [1.29, 1.82) is 0 Å². The quantitative estimate of drug-likeness (QED) is 0.834. The van der Waals surface area contributed by atoms with Crippen LogP contribution in [0.1, 0.15) is 24.8 Å². The number of hydrogen-bond donors (Lipinski definition) is 2. The lowest BCUT2D eigenvalue weighted by atomic mass is 9.91. The van der Waals surface area contributed by atoms with Gasteiger partial charge in [-0.3, -0.25) is 4.90 Å². The third-order valence-corrected chi connectivity index (χ3v) is 3.76. The van der Waals surface area contributed by atoms with Crippen LogP contribution in [0, 0.1) is 5.92 Å². The van der Waals surface area contributed by atoms with E-state index in [2.05, 4.69) is 29.2 Å². The summed E-state index contributed by atoms with van der Waals surface area (Å²) in [5.74, 6) is 0.314. The van der Waals surface area contributed by atoms with Crippen LogP contribution in [0.2, 0.25) is 0 Å². The Hall–Kier alpha value is -0.900. The highest BCUT2D eigenvalue weighted by atomic mass is 16.3. The predicted octanol–water partition coefficient (Wildman–Crippen LogP) is 1.64. The zero-order chi connectivity index (χ0) is 12.8. The third kappa shape index (κ3) is 3.80. The van der Waals surface area contributed by atoms with Gasteiger partial charge in [-0.15, -0.1) is 0 Å². The Kier molecular flexibility index (Phi) is 5.17. The first-order valence-electron chi connectivity index (χ1n) is 6.85. The fraction of sp³-hybridized carbons (Fsp3) is 0.600. The number of nitrogens with zero attached hydrogens (tertiary/aromatic N) is 1. The maximum Gasteiger partial charge on any atom is 0.0602 e. The molecule has 0 aliphatic carbocycles. The summed E-state index contributed by atoms with van der Waals surface area (Å²) in [5.41, 5.74) is 1.33. The van der Waals surface area contributed by atoms with Gasteiger partial charge in [-0.1, -0.05) is 30.3 Å². The zero-order valence-corrected chi connectivity index (χ0v) is 10.8.